The summed E-state index contributed by atoms with van der Waals surface area (Å²) >= 11 is 4.12. The first-order valence-corrected chi connectivity index (χ1v) is 24.1. The van der Waals surface area contributed by atoms with Crippen molar-refractivity contribution in [2.45, 2.75) is 52.5 Å². The number of carbonyl (C=O) groups is 1. The minimum absolute atomic E-state index is 0.141. The van der Waals surface area contributed by atoms with Gasteiger partial charge in [0.05, 0.1) is 30.5 Å². The van der Waals surface area contributed by atoms with E-state index in [1.165, 1.54) is 36.7 Å². The van der Waals surface area contributed by atoms with Gasteiger partial charge in [-0.2, -0.15) is 20.2 Å². The summed E-state index contributed by atoms with van der Waals surface area (Å²) in [6, 6.07) is 21.9. The highest BCUT2D eigenvalue weighted by Gasteiger charge is 2.39. The maximum Gasteiger partial charge on any atom is 0.285 e. The average Bonchev–Trinajstić information content (AvgIpc) is 3.92. The molecule has 17 nitrogen and oxygen atoms in total. The molecule has 0 bridgehead atoms. The zero-order valence-corrected chi connectivity index (χ0v) is 37.3. The van der Waals surface area contributed by atoms with E-state index in [-0.39, 0.29) is 4.21 Å². The van der Waals surface area contributed by atoms with Crippen LogP contribution in [-0.2, 0) is 14.8 Å². The van der Waals surface area contributed by atoms with Gasteiger partial charge in [0.25, 0.3) is 33.3 Å². The SMILES string of the molecule is CC(C)c1cc(NC2=CN(Sc3ccc(NC(=O)CN(c4ccc(SN5C=C(Nc6cc(C7CC7)[nH]n6)[N+]6C=CN=C6C5)cc4)S(=O)(=O)c4cccs4)cc3)CC3=NC=C[N+]23)n[nH]1. The van der Waals surface area contributed by atoms with Crippen molar-refractivity contribution >= 4 is 85.8 Å². The number of nitrogens with one attached hydrogen (secondary N) is 5. The molecule has 0 unspecified atom stereocenters. The third kappa shape index (κ3) is 9.06. The second-order valence-corrected chi connectivity index (χ2v) is 20.7. The van der Waals surface area contributed by atoms with Crippen molar-refractivity contribution in [2.75, 3.05) is 39.9 Å². The van der Waals surface area contributed by atoms with E-state index in [4.69, 9.17) is 0 Å². The average molecular weight is 919 g/mol. The second kappa shape index (κ2) is 17.2. The summed E-state index contributed by atoms with van der Waals surface area (Å²) in [5.41, 5.74) is 3.08. The summed E-state index contributed by atoms with van der Waals surface area (Å²) < 4.78 is 33.5. The molecule has 7 heterocycles. The number of aliphatic imine (C=N–C) groups is 2. The van der Waals surface area contributed by atoms with Crippen molar-refractivity contribution in [3.63, 3.8) is 0 Å². The first-order chi connectivity index (χ1) is 30.6. The highest BCUT2D eigenvalue weighted by Crippen LogP contribution is 2.40. The molecule has 2 aromatic carbocycles. The Morgan fingerprint density at radius 2 is 1.46 bits per heavy atom. The minimum atomic E-state index is -4.07. The minimum Gasteiger partial charge on any atom is -0.325 e. The number of thiophene rings is 1. The summed E-state index contributed by atoms with van der Waals surface area (Å²) in [7, 11) is -4.07. The predicted octanol–water partition coefficient (Wildman–Crippen LogP) is 7.54. The Bertz CT molecular complexity index is 2810. The number of anilines is 4. The van der Waals surface area contributed by atoms with Crippen molar-refractivity contribution in [1.82, 2.24) is 38.8 Å². The highest BCUT2D eigenvalue weighted by atomic mass is 32.2. The first kappa shape index (κ1) is 40.9. The lowest BCUT2D eigenvalue weighted by molar-refractivity contribution is -0.114. The number of benzene rings is 2. The molecule has 0 saturated heterocycles. The molecule has 1 saturated carbocycles. The van der Waals surface area contributed by atoms with Gasteiger partial charge < -0.3 is 5.32 Å². The summed E-state index contributed by atoms with van der Waals surface area (Å²) in [5, 5.41) is 26.5. The molecule has 2 radical (unpaired) electrons. The second-order valence-electron chi connectivity index (χ2n) is 15.4. The Balaban J connectivity index is 0.803. The number of rotatable bonds is 16. The lowest BCUT2D eigenvalue weighted by atomic mass is 10.1. The number of H-pyrrole nitrogens is 2. The Labute approximate surface area is 376 Å². The van der Waals surface area contributed by atoms with Crippen LogP contribution in [0.2, 0.25) is 0 Å². The normalized spacial score (nSPS) is 17.3. The molecule has 1 aliphatic carbocycles. The third-order valence-corrected chi connectivity index (χ3v) is 15.5. The van der Waals surface area contributed by atoms with E-state index < -0.39 is 22.5 Å². The van der Waals surface area contributed by atoms with Crippen LogP contribution in [0.3, 0.4) is 0 Å². The molecule has 10 rings (SSSR count). The standard InChI is InChI=1S/C42H42N14O3S4/c1-27(2)33-20-35(50-48-33)46-39-24-52(22-37-43-15-17-54(37)39)61-31-11-7-29(8-12-31)45-41(57)26-56(63(58,59)42-4-3-19-60-42)30-9-13-32(14-10-30)62-53-23-38-44-16-18-55(38)40(25-53)47-36-21-34(49-51-36)28-5-6-28/h3-4,7-21,24-25,27-28H,5-6,22-23,26H2,1-2H3,(H,45,57)(H2,46,48,50)(H2,47,49,51)/q+2. The van der Waals surface area contributed by atoms with Crippen LogP contribution in [0.1, 0.15) is 49.9 Å². The Kier molecular flexibility index (Phi) is 11.2. The maximum atomic E-state index is 14.0. The number of hydrogen-bond acceptors (Lipinski definition) is 16. The fourth-order valence-electron chi connectivity index (χ4n) is 7.08. The number of amides is 1. The number of fused-ring (bicyclic) bond motifs is 2. The molecule has 1 fully saturated rings. The molecular formula is C42H42N14O3S4+2. The van der Waals surface area contributed by atoms with Crippen LogP contribution in [0.15, 0.2) is 151 Å². The van der Waals surface area contributed by atoms with Crippen LogP contribution < -0.4 is 30.1 Å². The van der Waals surface area contributed by atoms with Crippen LogP contribution >= 0.6 is 35.2 Å². The number of hydrogen-bond donors (Lipinski definition) is 5. The molecule has 21 heteroatoms. The van der Waals surface area contributed by atoms with Crippen molar-refractivity contribution in [3.05, 3.63) is 138 Å². The van der Waals surface area contributed by atoms with Crippen molar-refractivity contribution in [2.24, 2.45) is 9.98 Å². The molecule has 63 heavy (non-hydrogen) atoms. The Morgan fingerprint density at radius 3 is 2.03 bits per heavy atom. The van der Waals surface area contributed by atoms with E-state index in [0.29, 0.717) is 42.1 Å². The van der Waals surface area contributed by atoms with E-state index in [0.717, 1.165) is 66.0 Å². The van der Waals surface area contributed by atoms with Crippen molar-refractivity contribution in [3.8, 4) is 0 Å². The summed E-state index contributed by atoms with van der Waals surface area (Å²) in [6.07, 6.45) is 13.7. The van der Waals surface area contributed by atoms with Gasteiger partial charge in [-0.3, -0.25) is 38.5 Å². The van der Waals surface area contributed by atoms with Crippen molar-refractivity contribution in [1.29, 1.82) is 0 Å². The number of aromatic nitrogens is 4. The van der Waals surface area contributed by atoms with Gasteiger partial charge >= 0.3 is 0 Å². The monoisotopic (exact) mass is 918 g/mol. The number of carbonyl (C=O) groups excluding carboxylic acids is 1. The molecule has 5 aliphatic rings. The zero-order chi connectivity index (χ0) is 43.1. The van der Waals surface area contributed by atoms with Gasteiger partial charge in [0.15, 0.2) is 24.0 Å². The van der Waals surface area contributed by atoms with Crippen LogP contribution in [-0.4, -0.2) is 74.6 Å². The van der Waals surface area contributed by atoms with Gasteiger partial charge in [-0.25, -0.2) is 8.42 Å². The summed E-state index contributed by atoms with van der Waals surface area (Å²) in [6.45, 7) is 4.90. The highest BCUT2D eigenvalue weighted by molar-refractivity contribution is 7.97. The molecule has 4 aliphatic heterocycles. The van der Waals surface area contributed by atoms with Crippen LogP contribution in [0.5, 0.6) is 0 Å². The number of sulfonamides is 1. The number of nitrogens with zero attached hydrogens (tertiary/aromatic N) is 9. The zero-order valence-electron chi connectivity index (χ0n) is 34.0. The van der Waals surface area contributed by atoms with E-state index in [9.17, 15) is 13.2 Å². The maximum absolute atomic E-state index is 14.0. The summed E-state index contributed by atoms with van der Waals surface area (Å²) in [5.74, 6) is 5.19. The van der Waals surface area contributed by atoms with Gasteiger partial charge in [-0.15, -0.1) is 11.3 Å². The largest absolute Gasteiger partial charge is 0.325 e. The Morgan fingerprint density at radius 1 is 0.857 bits per heavy atom. The molecule has 3 aromatic heterocycles. The topological polar surface area (TPSA) is 191 Å². The van der Waals surface area contributed by atoms with Crippen LogP contribution in [0, 0.1) is 0 Å². The third-order valence-electron chi connectivity index (χ3n) is 10.5. The van der Waals surface area contributed by atoms with Crippen LogP contribution in [0.4, 0.5) is 23.0 Å². The van der Waals surface area contributed by atoms with Gasteiger partial charge in [-0.1, -0.05) is 19.9 Å². The fourth-order valence-corrected chi connectivity index (χ4v) is 11.3. The lowest BCUT2D eigenvalue weighted by Gasteiger charge is -2.25. The van der Waals surface area contributed by atoms with E-state index >= 15 is 0 Å². The molecular weight excluding hydrogens is 877 g/mol. The Hall–Kier alpha value is -6.10. The van der Waals surface area contributed by atoms with E-state index in [1.54, 1.807) is 54.2 Å². The van der Waals surface area contributed by atoms with E-state index in [1.807, 2.05) is 64.9 Å². The van der Waals surface area contributed by atoms with Gasteiger partial charge in [-0.05, 0) is 112 Å². The summed E-state index contributed by atoms with van der Waals surface area (Å²) in [4.78, 5) is 28.6. The molecule has 0 spiro atoms. The van der Waals surface area contributed by atoms with Crippen molar-refractivity contribution < 1.29 is 13.2 Å². The van der Waals surface area contributed by atoms with Crippen LogP contribution in [0.25, 0.3) is 0 Å². The molecule has 5 aromatic rings. The predicted molar refractivity (Wildman–Crippen MR) is 250 cm³/mol. The van der Waals surface area contributed by atoms with E-state index in [2.05, 4.69) is 74.9 Å². The quantitative estimate of drug-likeness (QED) is 0.0486. The van der Waals surface area contributed by atoms with Gasteiger partial charge in [0.2, 0.25) is 5.91 Å². The smallest absolute Gasteiger partial charge is 0.285 e. The van der Waals surface area contributed by atoms with Gasteiger partial charge in [0, 0.05) is 44.9 Å². The number of aromatic amines is 2. The van der Waals surface area contributed by atoms with Gasteiger partial charge in [0.1, 0.15) is 23.8 Å². The first-order valence-electron chi connectivity index (χ1n) is 20.2. The molecule has 320 valence electrons. The molecule has 0 atom stereocenters. The lowest BCUT2D eigenvalue weighted by Crippen LogP contribution is -2.42. The number of amidine groups is 2. The fraction of sp³-hybridized carbons (Fsp3) is 0.214. The molecule has 5 N–H and O–H groups in total. The molecule has 1 amide bonds.